The summed E-state index contributed by atoms with van der Waals surface area (Å²) in [6.07, 6.45) is 3.35. The number of benzene rings is 1. The van der Waals surface area contributed by atoms with E-state index in [1.807, 2.05) is 0 Å². The lowest BCUT2D eigenvalue weighted by molar-refractivity contribution is 0.429. The molecule has 2 aromatic heterocycles. The normalized spacial score (nSPS) is 10.8. The number of nitrogen functional groups attached to an aromatic ring is 1. The van der Waals surface area contributed by atoms with Crippen LogP contribution >= 0.6 is 0 Å². The first-order chi connectivity index (χ1) is 9.13. The molecule has 3 aromatic rings. The molecule has 6 nitrogen and oxygen atoms in total. The molecule has 0 saturated heterocycles. The van der Waals surface area contributed by atoms with Crippen molar-refractivity contribution in [1.82, 2.24) is 19.9 Å². The average Bonchev–Trinajstić information content (AvgIpc) is 2.97. The number of hydrogen-bond acceptors (Lipinski definition) is 5. The van der Waals surface area contributed by atoms with Gasteiger partial charge in [0.2, 0.25) is 5.82 Å². The molecule has 0 bridgehead atoms. The third-order valence-corrected chi connectivity index (χ3v) is 2.61. The third-order valence-electron chi connectivity index (χ3n) is 2.61. The van der Waals surface area contributed by atoms with Crippen LogP contribution < -0.4 is 5.73 Å². The van der Waals surface area contributed by atoms with Crippen LogP contribution in [0.1, 0.15) is 0 Å². The van der Waals surface area contributed by atoms with E-state index in [2.05, 4.69) is 15.2 Å². The van der Waals surface area contributed by atoms with Gasteiger partial charge in [0, 0.05) is 18.9 Å². The predicted octanol–water partition coefficient (Wildman–Crippen LogP) is 1.86. The molecule has 0 aliphatic rings. The van der Waals surface area contributed by atoms with E-state index in [1.54, 1.807) is 30.2 Å². The summed E-state index contributed by atoms with van der Waals surface area (Å²) in [6.45, 7) is 0. The summed E-state index contributed by atoms with van der Waals surface area (Å²) >= 11 is 0. The minimum Gasteiger partial charge on any atom is -0.399 e. The number of aromatic nitrogens is 4. The Morgan fingerprint density at radius 3 is 2.89 bits per heavy atom. The van der Waals surface area contributed by atoms with Crippen molar-refractivity contribution in [3.05, 3.63) is 36.4 Å². The molecule has 0 spiro atoms. The molecule has 0 fully saturated rings. The Kier molecular flexibility index (Phi) is 2.52. The van der Waals surface area contributed by atoms with Crippen LogP contribution in [0.2, 0.25) is 0 Å². The first-order valence-corrected chi connectivity index (χ1v) is 5.51. The van der Waals surface area contributed by atoms with Crippen LogP contribution in [0.5, 0.6) is 0 Å². The van der Waals surface area contributed by atoms with Gasteiger partial charge >= 0.3 is 0 Å². The highest BCUT2D eigenvalue weighted by atomic mass is 19.1. The molecule has 1 aromatic carbocycles. The largest absolute Gasteiger partial charge is 0.399 e. The van der Waals surface area contributed by atoms with Crippen molar-refractivity contribution in [2.75, 3.05) is 5.73 Å². The Morgan fingerprint density at radius 1 is 1.37 bits per heavy atom. The van der Waals surface area contributed by atoms with Gasteiger partial charge in [-0.25, -0.2) is 4.39 Å². The van der Waals surface area contributed by atoms with Gasteiger partial charge in [-0.15, -0.1) is 0 Å². The molecular weight excluding hydrogens is 249 g/mol. The van der Waals surface area contributed by atoms with E-state index in [4.69, 9.17) is 10.3 Å². The number of rotatable bonds is 2. The monoisotopic (exact) mass is 259 g/mol. The van der Waals surface area contributed by atoms with Crippen molar-refractivity contribution in [2.45, 2.75) is 0 Å². The SMILES string of the molecule is Cn1cc(-c2noc(-c3ccc(N)cc3F)n2)cn1. The molecule has 0 unspecified atom stereocenters. The highest BCUT2D eigenvalue weighted by Gasteiger charge is 2.15. The van der Waals surface area contributed by atoms with Gasteiger partial charge in [0.1, 0.15) is 5.82 Å². The standard InChI is InChI=1S/C12H10FN5O/c1-18-6-7(5-15-18)11-16-12(19-17-11)9-3-2-8(14)4-10(9)13/h2-6H,14H2,1H3. The molecule has 0 radical (unpaired) electrons. The summed E-state index contributed by atoms with van der Waals surface area (Å²) in [7, 11) is 1.78. The zero-order valence-corrected chi connectivity index (χ0v) is 10.0. The third kappa shape index (κ3) is 2.05. The number of nitrogens with zero attached hydrogens (tertiary/aromatic N) is 4. The van der Waals surface area contributed by atoms with Crippen LogP contribution in [-0.4, -0.2) is 19.9 Å². The van der Waals surface area contributed by atoms with Crippen molar-refractivity contribution in [2.24, 2.45) is 7.05 Å². The molecule has 19 heavy (non-hydrogen) atoms. The number of nitrogens with two attached hydrogens (primary N) is 1. The Balaban J connectivity index is 2.01. The molecule has 96 valence electrons. The van der Waals surface area contributed by atoms with Crippen molar-refractivity contribution in [3.63, 3.8) is 0 Å². The molecule has 7 heteroatoms. The summed E-state index contributed by atoms with van der Waals surface area (Å²) in [5.74, 6) is -0.0305. The second-order valence-corrected chi connectivity index (χ2v) is 4.07. The predicted molar refractivity (Wildman–Crippen MR) is 66.3 cm³/mol. The van der Waals surface area contributed by atoms with E-state index < -0.39 is 5.82 Å². The maximum absolute atomic E-state index is 13.7. The van der Waals surface area contributed by atoms with Gasteiger partial charge < -0.3 is 10.3 Å². The average molecular weight is 259 g/mol. The summed E-state index contributed by atoms with van der Waals surface area (Å²) in [5.41, 5.74) is 6.75. The summed E-state index contributed by atoms with van der Waals surface area (Å²) in [5, 5.41) is 7.81. The molecule has 2 heterocycles. The van der Waals surface area contributed by atoms with E-state index in [1.165, 1.54) is 12.1 Å². The fraction of sp³-hybridized carbons (Fsp3) is 0.0833. The Morgan fingerprint density at radius 2 is 2.21 bits per heavy atom. The van der Waals surface area contributed by atoms with Crippen LogP contribution in [0.25, 0.3) is 22.8 Å². The van der Waals surface area contributed by atoms with Crippen molar-refractivity contribution in [1.29, 1.82) is 0 Å². The Hall–Kier alpha value is -2.70. The minimum absolute atomic E-state index is 0.108. The van der Waals surface area contributed by atoms with Crippen LogP contribution in [0.4, 0.5) is 10.1 Å². The van der Waals surface area contributed by atoms with Gasteiger partial charge in [0.25, 0.3) is 5.89 Å². The van der Waals surface area contributed by atoms with Crippen molar-refractivity contribution >= 4 is 5.69 Å². The molecule has 0 aliphatic carbocycles. The summed E-state index contributed by atoms with van der Waals surface area (Å²) in [4.78, 5) is 4.14. The second kappa shape index (κ2) is 4.20. The molecule has 0 amide bonds. The zero-order valence-electron chi connectivity index (χ0n) is 10.0. The lowest BCUT2D eigenvalue weighted by Crippen LogP contribution is -1.89. The maximum Gasteiger partial charge on any atom is 0.261 e. The van der Waals surface area contributed by atoms with Gasteiger partial charge in [0.15, 0.2) is 0 Å². The maximum atomic E-state index is 13.7. The van der Waals surface area contributed by atoms with Gasteiger partial charge in [-0.3, -0.25) is 4.68 Å². The highest BCUT2D eigenvalue weighted by molar-refractivity contribution is 5.61. The van der Waals surface area contributed by atoms with Crippen molar-refractivity contribution < 1.29 is 8.91 Å². The van der Waals surface area contributed by atoms with Crippen LogP contribution in [0, 0.1) is 5.82 Å². The molecule has 0 atom stereocenters. The first kappa shape index (κ1) is 11.4. The fourth-order valence-corrected chi connectivity index (χ4v) is 1.69. The number of aryl methyl sites for hydroxylation is 1. The Bertz CT molecular complexity index is 733. The molecule has 0 saturated carbocycles. The smallest absolute Gasteiger partial charge is 0.261 e. The lowest BCUT2D eigenvalue weighted by Gasteiger charge is -1.97. The van der Waals surface area contributed by atoms with Gasteiger partial charge in [-0.1, -0.05) is 5.16 Å². The quantitative estimate of drug-likeness (QED) is 0.710. The number of hydrogen-bond donors (Lipinski definition) is 1. The molecule has 3 rings (SSSR count). The summed E-state index contributed by atoms with van der Waals surface area (Å²) in [6, 6.07) is 4.29. The lowest BCUT2D eigenvalue weighted by atomic mass is 10.2. The molecular formula is C12H10FN5O. The van der Waals surface area contributed by atoms with Gasteiger partial charge in [-0.2, -0.15) is 10.1 Å². The van der Waals surface area contributed by atoms with Gasteiger partial charge in [0.05, 0.1) is 17.3 Å². The van der Waals surface area contributed by atoms with E-state index in [0.717, 1.165) is 0 Å². The fourth-order valence-electron chi connectivity index (χ4n) is 1.69. The topological polar surface area (TPSA) is 82.8 Å². The van der Waals surface area contributed by atoms with E-state index in [9.17, 15) is 4.39 Å². The first-order valence-electron chi connectivity index (χ1n) is 5.51. The van der Waals surface area contributed by atoms with Crippen LogP contribution in [0.3, 0.4) is 0 Å². The van der Waals surface area contributed by atoms with Gasteiger partial charge in [-0.05, 0) is 18.2 Å². The van der Waals surface area contributed by atoms with Crippen LogP contribution in [0.15, 0.2) is 35.1 Å². The summed E-state index contributed by atoms with van der Waals surface area (Å²) < 4.78 is 20.4. The van der Waals surface area contributed by atoms with E-state index in [0.29, 0.717) is 17.1 Å². The second-order valence-electron chi connectivity index (χ2n) is 4.07. The van der Waals surface area contributed by atoms with Crippen molar-refractivity contribution in [3.8, 4) is 22.8 Å². The molecule has 2 N–H and O–H groups in total. The van der Waals surface area contributed by atoms with E-state index >= 15 is 0 Å². The van der Waals surface area contributed by atoms with Crippen LogP contribution in [-0.2, 0) is 7.05 Å². The number of anilines is 1. The number of halogens is 1. The zero-order chi connectivity index (χ0) is 13.4. The van der Waals surface area contributed by atoms with E-state index in [-0.39, 0.29) is 11.5 Å². The molecule has 0 aliphatic heterocycles. The minimum atomic E-state index is -0.499. The Labute approximate surface area is 107 Å². The highest BCUT2D eigenvalue weighted by Crippen LogP contribution is 2.25.